The Kier molecular flexibility index (Phi) is 2.81. The lowest BCUT2D eigenvalue weighted by Crippen LogP contribution is -2.24. The minimum Gasteiger partial charge on any atom is -0.286 e. The smallest absolute Gasteiger partial charge is 0.229 e. The van der Waals surface area contributed by atoms with E-state index in [-0.39, 0.29) is 11.8 Å². The number of aromatic nitrogens is 2. The van der Waals surface area contributed by atoms with E-state index in [1.807, 2.05) is 13.0 Å². The first-order valence-corrected chi connectivity index (χ1v) is 5.81. The molecule has 1 fully saturated rings. The highest BCUT2D eigenvalue weighted by atomic mass is 32.1. The monoisotopic (exact) mass is 223 g/mol. The van der Waals surface area contributed by atoms with E-state index in [0.717, 1.165) is 16.6 Å². The van der Waals surface area contributed by atoms with Gasteiger partial charge in [0.05, 0.1) is 0 Å². The van der Waals surface area contributed by atoms with Crippen LogP contribution in [0.15, 0.2) is 12.7 Å². The van der Waals surface area contributed by atoms with Crippen molar-refractivity contribution in [1.29, 1.82) is 0 Å². The molecule has 1 amide bonds. The van der Waals surface area contributed by atoms with E-state index in [4.69, 9.17) is 0 Å². The number of anilines is 1. The molecule has 0 saturated carbocycles. The van der Waals surface area contributed by atoms with E-state index in [1.165, 1.54) is 11.3 Å². The first-order valence-electron chi connectivity index (χ1n) is 5.00. The molecule has 1 aliphatic heterocycles. The van der Waals surface area contributed by atoms with Crippen molar-refractivity contribution in [2.24, 2.45) is 5.92 Å². The summed E-state index contributed by atoms with van der Waals surface area (Å²) in [5.41, 5.74) is 0. The Labute approximate surface area is 92.6 Å². The van der Waals surface area contributed by atoms with Crippen molar-refractivity contribution in [1.82, 2.24) is 10.2 Å². The predicted molar refractivity (Wildman–Crippen MR) is 59.9 cm³/mol. The summed E-state index contributed by atoms with van der Waals surface area (Å²) in [6.45, 7) is 6.44. The third-order valence-corrected chi connectivity index (χ3v) is 3.57. The van der Waals surface area contributed by atoms with Crippen LogP contribution in [0.5, 0.6) is 0 Å². The lowest BCUT2D eigenvalue weighted by Gasteiger charge is -2.10. The highest BCUT2D eigenvalue weighted by Gasteiger charge is 2.30. The fraction of sp³-hybridized carbons (Fsp3) is 0.500. The predicted octanol–water partition coefficient (Wildman–Crippen LogP) is 1.64. The third kappa shape index (κ3) is 1.92. The molecule has 4 nitrogen and oxygen atoms in total. The van der Waals surface area contributed by atoms with Crippen molar-refractivity contribution in [2.45, 2.75) is 19.8 Å². The molecule has 2 heterocycles. The summed E-state index contributed by atoms with van der Waals surface area (Å²) in [6, 6.07) is 0. The lowest BCUT2D eigenvalue weighted by atomic mass is 10.1. The maximum atomic E-state index is 11.7. The molecule has 1 unspecified atom stereocenters. The van der Waals surface area contributed by atoms with Gasteiger partial charge >= 0.3 is 0 Å². The fourth-order valence-electron chi connectivity index (χ4n) is 1.57. The van der Waals surface area contributed by atoms with Gasteiger partial charge in [-0.2, -0.15) is 0 Å². The molecule has 0 spiro atoms. The summed E-state index contributed by atoms with van der Waals surface area (Å²) in [6.07, 6.45) is 3.24. The van der Waals surface area contributed by atoms with Gasteiger partial charge in [-0.1, -0.05) is 24.3 Å². The molecule has 0 aromatic carbocycles. The quantitative estimate of drug-likeness (QED) is 0.732. The molecule has 2 rings (SSSR count). The van der Waals surface area contributed by atoms with Crippen LogP contribution in [-0.2, 0) is 11.2 Å². The average molecular weight is 223 g/mol. The summed E-state index contributed by atoms with van der Waals surface area (Å²) in [5.74, 6) is 0.380. The van der Waals surface area contributed by atoms with E-state index < -0.39 is 0 Å². The van der Waals surface area contributed by atoms with Gasteiger partial charge in [-0.3, -0.25) is 9.69 Å². The number of rotatable bonds is 3. The fourth-order valence-corrected chi connectivity index (χ4v) is 2.38. The van der Waals surface area contributed by atoms with Crippen LogP contribution < -0.4 is 4.90 Å². The highest BCUT2D eigenvalue weighted by molar-refractivity contribution is 7.15. The number of carbonyl (C=O) groups excluding carboxylic acids is 1. The molecule has 0 N–H and O–H groups in total. The van der Waals surface area contributed by atoms with Gasteiger partial charge in [0, 0.05) is 18.9 Å². The van der Waals surface area contributed by atoms with Gasteiger partial charge in [-0.05, 0) is 6.42 Å². The number of amides is 1. The average Bonchev–Trinajstić information content (AvgIpc) is 2.83. The van der Waals surface area contributed by atoms with E-state index in [2.05, 4.69) is 16.8 Å². The molecule has 1 atom stereocenters. The van der Waals surface area contributed by atoms with Crippen LogP contribution in [0.1, 0.15) is 18.4 Å². The zero-order valence-electron chi connectivity index (χ0n) is 8.64. The van der Waals surface area contributed by atoms with Crippen molar-refractivity contribution in [3.63, 3.8) is 0 Å². The van der Waals surface area contributed by atoms with E-state index in [1.54, 1.807) is 4.90 Å². The number of carbonyl (C=O) groups is 1. The topological polar surface area (TPSA) is 46.1 Å². The van der Waals surface area contributed by atoms with Crippen molar-refractivity contribution in [3.05, 3.63) is 17.7 Å². The Morgan fingerprint density at radius 2 is 2.47 bits per heavy atom. The van der Waals surface area contributed by atoms with Crippen molar-refractivity contribution < 1.29 is 4.79 Å². The number of hydrogen-bond donors (Lipinski definition) is 0. The van der Waals surface area contributed by atoms with Crippen LogP contribution in [0.2, 0.25) is 0 Å². The summed E-state index contributed by atoms with van der Waals surface area (Å²) < 4.78 is 0. The minimum absolute atomic E-state index is 0.124. The van der Waals surface area contributed by atoms with E-state index in [9.17, 15) is 4.79 Å². The molecule has 1 aliphatic rings. The summed E-state index contributed by atoms with van der Waals surface area (Å²) in [7, 11) is 0. The Hall–Kier alpha value is -1.23. The van der Waals surface area contributed by atoms with Crippen LogP contribution in [0.4, 0.5) is 5.13 Å². The zero-order valence-corrected chi connectivity index (χ0v) is 9.46. The van der Waals surface area contributed by atoms with Crippen LogP contribution >= 0.6 is 11.3 Å². The second kappa shape index (κ2) is 4.10. The molecule has 1 aromatic heterocycles. The van der Waals surface area contributed by atoms with Gasteiger partial charge in [0.15, 0.2) is 0 Å². The highest BCUT2D eigenvalue weighted by Crippen LogP contribution is 2.28. The number of nitrogens with zero attached hydrogens (tertiary/aromatic N) is 3. The molecular formula is C10H13N3OS. The minimum atomic E-state index is 0.124. The van der Waals surface area contributed by atoms with Crippen LogP contribution in [0.25, 0.3) is 0 Å². The van der Waals surface area contributed by atoms with Crippen molar-refractivity contribution >= 4 is 22.4 Å². The molecule has 15 heavy (non-hydrogen) atoms. The molecular weight excluding hydrogens is 210 g/mol. The van der Waals surface area contributed by atoms with Gasteiger partial charge in [0.25, 0.3) is 0 Å². The Balaban J connectivity index is 2.17. The zero-order chi connectivity index (χ0) is 10.8. The maximum Gasteiger partial charge on any atom is 0.229 e. The second-order valence-electron chi connectivity index (χ2n) is 3.54. The second-order valence-corrected chi connectivity index (χ2v) is 4.58. The van der Waals surface area contributed by atoms with Gasteiger partial charge in [-0.15, -0.1) is 16.8 Å². The number of aryl methyl sites for hydroxylation is 1. The number of hydrogen-bond acceptors (Lipinski definition) is 4. The van der Waals surface area contributed by atoms with Crippen LogP contribution in [0, 0.1) is 5.92 Å². The van der Waals surface area contributed by atoms with Crippen molar-refractivity contribution in [2.75, 3.05) is 11.4 Å². The van der Waals surface area contributed by atoms with Crippen LogP contribution in [-0.4, -0.2) is 22.6 Å². The first kappa shape index (κ1) is 10.3. The lowest BCUT2D eigenvalue weighted by molar-refractivity contribution is -0.117. The van der Waals surface area contributed by atoms with Gasteiger partial charge in [0.1, 0.15) is 5.01 Å². The van der Waals surface area contributed by atoms with Crippen LogP contribution in [0.3, 0.4) is 0 Å². The largest absolute Gasteiger partial charge is 0.286 e. The molecule has 1 aromatic rings. The Morgan fingerprint density at radius 3 is 3.00 bits per heavy atom. The summed E-state index contributed by atoms with van der Waals surface area (Å²) in [4.78, 5) is 13.4. The molecule has 0 bridgehead atoms. The van der Waals surface area contributed by atoms with Gasteiger partial charge in [-0.25, -0.2) is 0 Å². The molecule has 0 aliphatic carbocycles. The molecule has 80 valence electrons. The SMILES string of the molecule is C=CC1CC(=O)N(c2nnc(CC)s2)C1. The van der Waals surface area contributed by atoms with E-state index in [0.29, 0.717) is 13.0 Å². The Morgan fingerprint density at radius 1 is 1.67 bits per heavy atom. The summed E-state index contributed by atoms with van der Waals surface area (Å²) in [5, 5.41) is 9.74. The van der Waals surface area contributed by atoms with Crippen molar-refractivity contribution in [3.8, 4) is 0 Å². The first-order chi connectivity index (χ1) is 7.24. The summed E-state index contributed by atoms with van der Waals surface area (Å²) >= 11 is 1.49. The maximum absolute atomic E-state index is 11.7. The van der Waals surface area contributed by atoms with Gasteiger partial charge < -0.3 is 0 Å². The molecule has 5 heteroatoms. The Bertz CT molecular complexity index is 388. The standard InChI is InChI=1S/C10H13N3OS/c1-3-7-5-9(14)13(6-7)10-12-11-8(4-2)15-10/h3,7H,1,4-6H2,2H3. The third-order valence-electron chi connectivity index (χ3n) is 2.48. The normalized spacial score (nSPS) is 21.0. The van der Waals surface area contributed by atoms with E-state index >= 15 is 0 Å². The van der Waals surface area contributed by atoms with Gasteiger partial charge in [0.2, 0.25) is 11.0 Å². The molecule has 0 radical (unpaired) electrons. The molecule has 1 saturated heterocycles.